The standard InChI is InChI=1S/C14H26N2O4S/c1-4-8-15-10-12-5-6-13(20-12)21(18,19)16-11-14(2,3)7-9-17/h5-6,15-17H,4,7-11H2,1-3H3. The zero-order valence-electron chi connectivity index (χ0n) is 13.0. The van der Waals surface area contributed by atoms with Crippen molar-refractivity contribution in [3.8, 4) is 0 Å². The third-order valence-electron chi connectivity index (χ3n) is 3.16. The van der Waals surface area contributed by atoms with Crippen molar-refractivity contribution in [2.24, 2.45) is 5.41 Å². The second-order valence-corrected chi connectivity index (χ2v) is 7.56. The van der Waals surface area contributed by atoms with E-state index in [9.17, 15) is 8.42 Å². The second kappa shape index (κ2) is 7.93. The maximum absolute atomic E-state index is 12.1. The van der Waals surface area contributed by atoms with Gasteiger partial charge in [-0.05, 0) is 36.9 Å². The van der Waals surface area contributed by atoms with E-state index >= 15 is 0 Å². The van der Waals surface area contributed by atoms with Crippen LogP contribution in [0, 0.1) is 5.41 Å². The molecule has 0 radical (unpaired) electrons. The molecule has 0 bridgehead atoms. The smallest absolute Gasteiger partial charge is 0.273 e. The van der Waals surface area contributed by atoms with Gasteiger partial charge in [0.2, 0.25) is 5.09 Å². The van der Waals surface area contributed by atoms with Crippen LogP contribution in [0.3, 0.4) is 0 Å². The Kier molecular flexibility index (Phi) is 6.86. The zero-order valence-corrected chi connectivity index (χ0v) is 13.8. The van der Waals surface area contributed by atoms with Gasteiger partial charge >= 0.3 is 0 Å². The van der Waals surface area contributed by atoms with E-state index in [0.29, 0.717) is 18.7 Å². The molecule has 0 unspecified atom stereocenters. The molecule has 1 rings (SSSR count). The van der Waals surface area contributed by atoms with Gasteiger partial charge in [0, 0.05) is 13.2 Å². The molecule has 0 aliphatic rings. The van der Waals surface area contributed by atoms with Crippen LogP contribution in [0.2, 0.25) is 0 Å². The van der Waals surface area contributed by atoms with Crippen LogP contribution < -0.4 is 10.0 Å². The number of aliphatic hydroxyl groups is 1. The van der Waals surface area contributed by atoms with Crippen LogP contribution in [0.25, 0.3) is 0 Å². The Bertz CT molecular complexity index is 523. The van der Waals surface area contributed by atoms with Gasteiger partial charge in [0.1, 0.15) is 5.76 Å². The lowest BCUT2D eigenvalue weighted by Gasteiger charge is -2.23. The van der Waals surface area contributed by atoms with Crippen LogP contribution in [-0.4, -0.2) is 33.2 Å². The molecule has 1 aromatic heterocycles. The highest BCUT2D eigenvalue weighted by molar-refractivity contribution is 7.89. The fraction of sp³-hybridized carbons (Fsp3) is 0.714. The summed E-state index contributed by atoms with van der Waals surface area (Å²) in [5, 5.41) is 12.0. The van der Waals surface area contributed by atoms with Gasteiger partial charge in [0.05, 0.1) is 6.54 Å². The molecule has 0 amide bonds. The molecule has 0 saturated carbocycles. The summed E-state index contributed by atoms with van der Waals surface area (Å²) in [4.78, 5) is 0. The van der Waals surface area contributed by atoms with E-state index in [0.717, 1.165) is 13.0 Å². The van der Waals surface area contributed by atoms with E-state index in [1.165, 1.54) is 6.07 Å². The van der Waals surface area contributed by atoms with Crippen molar-refractivity contribution in [1.29, 1.82) is 0 Å². The summed E-state index contributed by atoms with van der Waals surface area (Å²) in [6, 6.07) is 3.13. The molecule has 1 heterocycles. The highest BCUT2D eigenvalue weighted by Gasteiger charge is 2.24. The minimum Gasteiger partial charge on any atom is -0.447 e. The molecular formula is C14H26N2O4S. The molecule has 7 heteroatoms. The number of hydrogen-bond donors (Lipinski definition) is 3. The van der Waals surface area contributed by atoms with Crippen molar-refractivity contribution in [3.63, 3.8) is 0 Å². The number of nitrogens with one attached hydrogen (secondary N) is 2. The maximum Gasteiger partial charge on any atom is 0.273 e. The minimum atomic E-state index is -3.65. The fourth-order valence-corrected chi connectivity index (χ4v) is 2.93. The number of hydrogen-bond acceptors (Lipinski definition) is 5. The molecule has 21 heavy (non-hydrogen) atoms. The first kappa shape index (κ1) is 18.2. The molecule has 0 fully saturated rings. The van der Waals surface area contributed by atoms with E-state index in [2.05, 4.69) is 17.0 Å². The molecule has 0 spiro atoms. The van der Waals surface area contributed by atoms with Gasteiger partial charge in [0.15, 0.2) is 0 Å². The molecular weight excluding hydrogens is 292 g/mol. The van der Waals surface area contributed by atoms with E-state index in [1.54, 1.807) is 6.07 Å². The van der Waals surface area contributed by atoms with Crippen molar-refractivity contribution in [2.75, 3.05) is 19.7 Å². The average molecular weight is 318 g/mol. The fourth-order valence-electron chi connectivity index (χ4n) is 1.74. The Morgan fingerprint density at radius 1 is 1.33 bits per heavy atom. The van der Waals surface area contributed by atoms with Crippen LogP contribution in [0.5, 0.6) is 0 Å². The van der Waals surface area contributed by atoms with Crippen molar-refractivity contribution in [3.05, 3.63) is 17.9 Å². The number of rotatable bonds is 10. The van der Waals surface area contributed by atoms with Crippen LogP contribution in [-0.2, 0) is 16.6 Å². The van der Waals surface area contributed by atoms with Crippen molar-refractivity contribution >= 4 is 10.0 Å². The first-order chi connectivity index (χ1) is 9.80. The second-order valence-electron chi connectivity index (χ2n) is 5.86. The van der Waals surface area contributed by atoms with E-state index in [1.807, 2.05) is 13.8 Å². The van der Waals surface area contributed by atoms with Crippen molar-refractivity contribution < 1.29 is 17.9 Å². The molecule has 6 nitrogen and oxygen atoms in total. The first-order valence-electron chi connectivity index (χ1n) is 7.21. The highest BCUT2D eigenvalue weighted by atomic mass is 32.2. The van der Waals surface area contributed by atoms with Gasteiger partial charge in [-0.25, -0.2) is 13.1 Å². The summed E-state index contributed by atoms with van der Waals surface area (Å²) < 4.78 is 32.2. The summed E-state index contributed by atoms with van der Waals surface area (Å²) in [5.41, 5.74) is -0.306. The van der Waals surface area contributed by atoms with Gasteiger partial charge < -0.3 is 14.8 Å². The van der Waals surface area contributed by atoms with Gasteiger partial charge in [0.25, 0.3) is 10.0 Å². The zero-order chi connectivity index (χ0) is 15.9. The third-order valence-corrected chi connectivity index (χ3v) is 4.43. The Labute approximate surface area is 127 Å². The lowest BCUT2D eigenvalue weighted by molar-refractivity contribution is 0.213. The van der Waals surface area contributed by atoms with Crippen LogP contribution in [0.1, 0.15) is 39.4 Å². The maximum atomic E-state index is 12.1. The van der Waals surface area contributed by atoms with Gasteiger partial charge in [-0.2, -0.15) is 0 Å². The van der Waals surface area contributed by atoms with Gasteiger partial charge in [-0.15, -0.1) is 0 Å². The molecule has 0 saturated heterocycles. The monoisotopic (exact) mass is 318 g/mol. The van der Waals surface area contributed by atoms with Crippen molar-refractivity contribution in [1.82, 2.24) is 10.0 Å². The van der Waals surface area contributed by atoms with Crippen molar-refractivity contribution in [2.45, 2.75) is 45.2 Å². The lowest BCUT2D eigenvalue weighted by Crippen LogP contribution is -2.34. The molecule has 0 atom stereocenters. The summed E-state index contributed by atoms with van der Waals surface area (Å²) in [6.07, 6.45) is 1.53. The largest absolute Gasteiger partial charge is 0.447 e. The van der Waals surface area contributed by atoms with Crippen LogP contribution in [0.4, 0.5) is 0 Å². The topological polar surface area (TPSA) is 91.6 Å². The Balaban J connectivity index is 2.62. The quantitative estimate of drug-likeness (QED) is 0.568. The number of aliphatic hydroxyl groups excluding tert-OH is 1. The summed E-state index contributed by atoms with van der Waals surface area (Å²) >= 11 is 0. The summed E-state index contributed by atoms with van der Waals surface area (Å²) in [7, 11) is -3.65. The molecule has 1 aromatic rings. The molecule has 0 aliphatic heterocycles. The van der Waals surface area contributed by atoms with Crippen LogP contribution in [0.15, 0.2) is 21.6 Å². The van der Waals surface area contributed by atoms with Crippen LogP contribution >= 0.6 is 0 Å². The summed E-state index contributed by atoms with van der Waals surface area (Å²) in [5.74, 6) is 0.596. The number of furan rings is 1. The molecule has 122 valence electrons. The predicted molar refractivity (Wildman–Crippen MR) is 81.4 cm³/mol. The molecule has 0 aliphatic carbocycles. The third kappa shape index (κ3) is 6.17. The molecule has 0 aromatic carbocycles. The van der Waals surface area contributed by atoms with Gasteiger partial charge in [-0.3, -0.25) is 0 Å². The van der Waals surface area contributed by atoms with E-state index in [-0.39, 0.29) is 23.7 Å². The summed E-state index contributed by atoms with van der Waals surface area (Å²) in [6.45, 7) is 7.50. The average Bonchev–Trinajstić information content (AvgIpc) is 2.87. The van der Waals surface area contributed by atoms with E-state index < -0.39 is 10.0 Å². The minimum absolute atomic E-state index is 0.0305. The highest BCUT2D eigenvalue weighted by Crippen LogP contribution is 2.20. The number of sulfonamides is 1. The SMILES string of the molecule is CCCNCc1ccc(S(=O)(=O)NCC(C)(C)CCO)o1. The van der Waals surface area contributed by atoms with E-state index in [4.69, 9.17) is 9.52 Å². The Morgan fingerprint density at radius 3 is 2.67 bits per heavy atom. The Hall–Kier alpha value is -0.890. The lowest BCUT2D eigenvalue weighted by atomic mass is 9.90. The van der Waals surface area contributed by atoms with Gasteiger partial charge in [-0.1, -0.05) is 20.8 Å². The predicted octanol–water partition coefficient (Wildman–Crippen LogP) is 1.47. The first-order valence-corrected chi connectivity index (χ1v) is 8.69. The normalized spacial score (nSPS) is 12.8. The molecule has 3 N–H and O–H groups in total. The Morgan fingerprint density at radius 2 is 2.05 bits per heavy atom.